The molecule has 0 aliphatic heterocycles. The molecule has 0 atom stereocenters. The molecule has 0 aromatic carbocycles. The van der Waals surface area contributed by atoms with Crippen molar-refractivity contribution >= 4 is 11.9 Å². The highest BCUT2D eigenvalue weighted by Crippen LogP contribution is 2.20. The van der Waals surface area contributed by atoms with Crippen LogP contribution in [0.15, 0.2) is 0 Å². The van der Waals surface area contributed by atoms with Crippen LogP contribution in [0.3, 0.4) is 0 Å². The molecule has 0 amide bonds. The standard InChI is InChI=1S/C48H95NO5/c1-5-9-13-17-21-27-35-45(36-28-22-18-14-10-6-2)53-47(51)39-31-25-33-41-49(43-44-50)42-34-26-32-40-48(52)54-46(37-29-23-19-15-11-7-3)38-30-24-20-16-12-8-4/h45-46,50H,5-44H2,1-4H3. The lowest BCUT2D eigenvalue weighted by atomic mass is 10.0. The van der Waals surface area contributed by atoms with Crippen molar-refractivity contribution < 1.29 is 24.2 Å². The Morgan fingerprint density at radius 3 is 0.963 bits per heavy atom. The molecule has 0 saturated heterocycles. The number of ether oxygens (including phenoxy) is 2. The third-order valence-electron chi connectivity index (χ3n) is 11.2. The Morgan fingerprint density at radius 1 is 0.389 bits per heavy atom. The van der Waals surface area contributed by atoms with E-state index >= 15 is 0 Å². The highest BCUT2D eigenvalue weighted by atomic mass is 16.5. The minimum atomic E-state index is -0.0150. The van der Waals surface area contributed by atoms with Gasteiger partial charge in [-0.15, -0.1) is 0 Å². The van der Waals surface area contributed by atoms with Gasteiger partial charge in [-0.1, -0.05) is 169 Å². The molecule has 0 bridgehead atoms. The quantitative estimate of drug-likeness (QED) is 0.0492. The van der Waals surface area contributed by atoms with Gasteiger partial charge in [0.05, 0.1) is 6.61 Å². The minimum Gasteiger partial charge on any atom is -0.462 e. The van der Waals surface area contributed by atoms with Gasteiger partial charge in [-0.05, 0) is 90.1 Å². The number of aliphatic hydroxyl groups is 1. The average Bonchev–Trinajstić information content (AvgIpc) is 3.16. The van der Waals surface area contributed by atoms with Gasteiger partial charge >= 0.3 is 11.9 Å². The summed E-state index contributed by atoms with van der Waals surface area (Å²) in [6.45, 7) is 11.8. The molecule has 1 N–H and O–H groups in total. The first kappa shape index (κ1) is 52.9. The summed E-state index contributed by atoms with van der Waals surface area (Å²) in [5, 5.41) is 9.65. The van der Waals surface area contributed by atoms with Crippen LogP contribution in [0.1, 0.15) is 259 Å². The summed E-state index contributed by atoms with van der Waals surface area (Å²) in [4.78, 5) is 27.9. The van der Waals surface area contributed by atoms with E-state index in [1.165, 1.54) is 154 Å². The van der Waals surface area contributed by atoms with Crippen molar-refractivity contribution in [3.63, 3.8) is 0 Å². The lowest BCUT2D eigenvalue weighted by Gasteiger charge is -2.21. The van der Waals surface area contributed by atoms with Crippen molar-refractivity contribution in [1.29, 1.82) is 0 Å². The molecule has 0 saturated carbocycles. The van der Waals surface area contributed by atoms with Gasteiger partial charge in [0.25, 0.3) is 0 Å². The SMILES string of the molecule is CCCCCCCCC(CCCCCCCC)OC(=O)CCCCCN(CCO)CCCCCC(=O)OC(CCCCCCCC)CCCCCCCC. The molecule has 0 aromatic rings. The first-order valence-electron chi connectivity index (χ1n) is 24.2. The predicted octanol–water partition coefficient (Wildman–Crippen LogP) is 14.2. The third-order valence-corrected chi connectivity index (χ3v) is 11.2. The van der Waals surface area contributed by atoms with Gasteiger partial charge < -0.3 is 19.5 Å². The van der Waals surface area contributed by atoms with Gasteiger partial charge in [0.15, 0.2) is 0 Å². The maximum absolute atomic E-state index is 12.8. The lowest BCUT2D eigenvalue weighted by molar-refractivity contribution is -0.151. The Labute approximate surface area is 337 Å². The second kappa shape index (κ2) is 43.0. The van der Waals surface area contributed by atoms with Crippen molar-refractivity contribution in [2.24, 2.45) is 0 Å². The number of rotatable bonds is 44. The van der Waals surface area contributed by atoms with E-state index in [1.54, 1.807) is 0 Å². The Kier molecular flexibility index (Phi) is 42.1. The fourth-order valence-electron chi connectivity index (χ4n) is 7.66. The summed E-state index contributed by atoms with van der Waals surface area (Å²) in [6, 6.07) is 0. The maximum Gasteiger partial charge on any atom is 0.306 e. The third kappa shape index (κ3) is 37.8. The van der Waals surface area contributed by atoms with E-state index in [2.05, 4.69) is 32.6 Å². The lowest BCUT2D eigenvalue weighted by Crippen LogP contribution is -2.29. The van der Waals surface area contributed by atoms with Crippen molar-refractivity contribution in [2.45, 2.75) is 271 Å². The molecule has 0 spiro atoms. The van der Waals surface area contributed by atoms with E-state index in [0.29, 0.717) is 19.4 Å². The van der Waals surface area contributed by atoms with Crippen LogP contribution < -0.4 is 0 Å². The molecule has 0 radical (unpaired) electrons. The van der Waals surface area contributed by atoms with Crippen LogP contribution in [0.5, 0.6) is 0 Å². The van der Waals surface area contributed by atoms with Crippen LogP contribution in [0, 0.1) is 0 Å². The van der Waals surface area contributed by atoms with Gasteiger partial charge in [0, 0.05) is 19.4 Å². The zero-order valence-corrected chi connectivity index (χ0v) is 37.0. The smallest absolute Gasteiger partial charge is 0.306 e. The summed E-state index contributed by atoms with van der Waals surface area (Å²) in [7, 11) is 0. The molecule has 0 unspecified atom stereocenters. The number of aliphatic hydroxyl groups excluding tert-OH is 1. The molecule has 6 heteroatoms. The molecule has 0 fully saturated rings. The fourth-order valence-corrected chi connectivity index (χ4v) is 7.66. The molecule has 6 nitrogen and oxygen atoms in total. The van der Waals surface area contributed by atoms with Crippen molar-refractivity contribution in [3.05, 3.63) is 0 Å². The van der Waals surface area contributed by atoms with Crippen molar-refractivity contribution in [1.82, 2.24) is 4.90 Å². The molecule has 0 rings (SSSR count). The first-order chi connectivity index (χ1) is 26.5. The summed E-state index contributed by atoms with van der Waals surface area (Å²) in [5.41, 5.74) is 0. The van der Waals surface area contributed by atoms with Crippen LogP contribution in [-0.4, -0.2) is 60.4 Å². The Morgan fingerprint density at radius 2 is 0.667 bits per heavy atom. The minimum absolute atomic E-state index is 0.0150. The maximum atomic E-state index is 12.8. The highest BCUT2D eigenvalue weighted by molar-refractivity contribution is 5.69. The van der Waals surface area contributed by atoms with Crippen molar-refractivity contribution in [3.8, 4) is 0 Å². The number of unbranched alkanes of at least 4 members (excludes halogenated alkanes) is 24. The Hall–Kier alpha value is -1.14. The molecule has 0 aliphatic carbocycles. The van der Waals surface area contributed by atoms with Crippen LogP contribution in [0.2, 0.25) is 0 Å². The van der Waals surface area contributed by atoms with E-state index < -0.39 is 0 Å². The van der Waals surface area contributed by atoms with Gasteiger partial charge in [-0.2, -0.15) is 0 Å². The van der Waals surface area contributed by atoms with Crippen LogP contribution in [-0.2, 0) is 19.1 Å². The second-order valence-corrected chi connectivity index (χ2v) is 16.6. The number of hydrogen-bond acceptors (Lipinski definition) is 6. The number of hydrogen-bond donors (Lipinski definition) is 1. The molecule has 0 aliphatic rings. The van der Waals surface area contributed by atoms with Crippen LogP contribution in [0.25, 0.3) is 0 Å². The molecule has 0 aromatic heterocycles. The van der Waals surface area contributed by atoms with E-state index in [0.717, 1.165) is 77.3 Å². The van der Waals surface area contributed by atoms with Crippen LogP contribution in [0.4, 0.5) is 0 Å². The molecule has 54 heavy (non-hydrogen) atoms. The largest absolute Gasteiger partial charge is 0.462 e. The van der Waals surface area contributed by atoms with Gasteiger partial charge in [-0.25, -0.2) is 0 Å². The zero-order chi connectivity index (χ0) is 39.6. The van der Waals surface area contributed by atoms with Gasteiger partial charge in [0.1, 0.15) is 12.2 Å². The Bertz CT molecular complexity index is 684. The fraction of sp³-hybridized carbons (Fsp3) is 0.958. The predicted molar refractivity (Wildman–Crippen MR) is 232 cm³/mol. The second-order valence-electron chi connectivity index (χ2n) is 16.6. The topological polar surface area (TPSA) is 76.1 Å². The van der Waals surface area contributed by atoms with E-state index in [9.17, 15) is 14.7 Å². The monoisotopic (exact) mass is 766 g/mol. The van der Waals surface area contributed by atoms with Gasteiger partial charge in [-0.3, -0.25) is 9.59 Å². The molecular formula is C48H95NO5. The molecular weight excluding hydrogens is 671 g/mol. The first-order valence-corrected chi connectivity index (χ1v) is 24.2. The number of nitrogens with zero attached hydrogens (tertiary/aromatic N) is 1. The number of carbonyl (C=O) groups excluding carboxylic acids is 2. The number of carbonyl (C=O) groups is 2. The van der Waals surface area contributed by atoms with E-state index in [1.807, 2.05) is 0 Å². The summed E-state index contributed by atoms with van der Waals surface area (Å²) >= 11 is 0. The van der Waals surface area contributed by atoms with E-state index in [4.69, 9.17) is 9.47 Å². The average molecular weight is 766 g/mol. The number of esters is 2. The summed E-state index contributed by atoms with van der Waals surface area (Å²) in [6.07, 6.45) is 41.6. The normalized spacial score (nSPS) is 11.7. The summed E-state index contributed by atoms with van der Waals surface area (Å²) < 4.78 is 12.1. The molecule has 322 valence electrons. The zero-order valence-electron chi connectivity index (χ0n) is 37.0. The Balaban J connectivity index is 4.39. The summed E-state index contributed by atoms with van der Waals surface area (Å²) in [5.74, 6) is -0.0299. The molecule has 0 heterocycles. The van der Waals surface area contributed by atoms with Crippen LogP contribution >= 0.6 is 0 Å². The van der Waals surface area contributed by atoms with Crippen molar-refractivity contribution in [2.75, 3.05) is 26.2 Å². The highest BCUT2D eigenvalue weighted by Gasteiger charge is 2.16. The van der Waals surface area contributed by atoms with E-state index in [-0.39, 0.29) is 30.8 Å². The van der Waals surface area contributed by atoms with Gasteiger partial charge in [0.2, 0.25) is 0 Å².